The van der Waals surface area contributed by atoms with Gasteiger partial charge in [0.1, 0.15) is 0 Å². The Morgan fingerprint density at radius 2 is 0.894 bits per heavy atom. The SMILES string of the molecule is CCCCCCCCCCCCCCCCCC(=O)Nc1ccc(N=C2C=CC(=Nc3ccc(Nc4ccccc4)cc3)C=C2)cc1. The second-order valence-electron chi connectivity index (χ2n) is 12.6. The second kappa shape index (κ2) is 21.5. The van der Waals surface area contributed by atoms with Gasteiger partial charge in [0.2, 0.25) is 5.91 Å². The predicted molar refractivity (Wildman–Crippen MR) is 203 cm³/mol. The fourth-order valence-corrected chi connectivity index (χ4v) is 5.71. The topological polar surface area (TPSA) is 65.8 Å². The molecule has 0 spiro atoms. The molecule has 0 atom stereocenters. The van der Waals surface area contributed by atoms with Crippen LogP contribution in [0.2, 0.25) is 0 Å². The van der Waals surface area contributed by atoms with Gasteiger partial charge in [0.25, 0.3) is 0 Å². The highest BCUT2D eigenvalue weighted by molar-refractivity contribution is 6.19. The predicted octanol–water partition coefficient (Wildman–Crippen LogP) is 12.6. The Morgan fingerprint density at radius 3 is 1.36 bits per heavy atom. The molecule has 0 aromatic heterocycles. The standard InChI is InChI=1S/C42H54N4O/c1-2-3-4-5-6-7-8-9-10-11-12-13-14-15-19-22-42(47)46-41-33-31-40(32-34-41)45-39-29-27-38(28-30-39)44-37-25-23-36(24-26-37)43-35-20-17-16-18-21-35/h16-18,20-21,23-34,43H,2-15,19,22H2,1H3,(H,46,47). The summed E-state index contributed by atoms with van der Waals surface area (Å²) >= 11 is 0. The van der Waals surface area contributed by atoms with Crippen LogP contribution in [0.5, 0.6) is 0 Å². The lowest BCUT2D eigenvalue weighted by atomic mass is 10.0. The van der Waals surface area contributed by atoms with E-state index in [1.807, 2.05) is 103 Å². The van der Waals surface area contributed by atoms with Crippen molar-refractivity contribution in [1.82, 2.24) is 0 Å². The maximum absolute atomic E-state index is 12.4. The van der Waals surface area contributed by atoms with Crippen LogP contribution < -0.4 is 10.6 Å². The summed E-state index contributed by atoms with van der Waals surface area (Å²) in [4.78, 5) is 21.9. The van der Waals surface area contributed by atoms with Crippen LogP contribution in [0, 0.1) is 0 Å². The molecule has 1 aliphatic carbocycles. The van der Waals surface area contributed by atoms with Gasteiger partial charge in [0.05, 0.1) is 22.8 Å². The summed E-state index contributed by atoms with van der Waals surface area (Å²) in [5, 5.41) is 6.42. The minimum Gasteiger partial charge on any atom is -0.356 e. The second-order valence-corrected chi connectivity index (χ2v) is 12.6. The Morgan fingerprint density at radius 1 is 0.489 bits per heavy atom. The number of aliphatic imine (C=N–C) groups is 2. The minimum atomic E-state index is 0.0887. The van der Waals surface area contributed by atoms with E-state index in [1.54, 1.807) is 0 Å². The van der Waals surface area contributed by atoms with E-state index >= 15 is 0 Å². The first-order valence-electron chi connectivity index (χ1n) is 18.0. The Kier molecular flexibility index (Phi) is 16.3. The third-order valence-corrected chi connectivity index (χ3v) is 8.45. The number of anilines is 3. The van der Waals surface area contributed by atoms with Crippen LogP contribution in [-0.2, 0) is 4.79 Å². The largest absolute Gasteiger partial charge is 0.356 e. The Hall–Kier alpha value is -4.25. The maximum Gasteiger partial charge on any atom is 0.224 e. The molecule has 1 amide bonds. The molecule has 3 aromatic carbocycles. The van der Waals surface area contributed by atoms with E-state index in [-0.39, 0.29) is 5.91 Å². The number of amides is 1. The van der Waals surface area contributed by atoms with Crippen molar-refractivity contribution >= 4 is 45.8 Å². The molecule has 0 fully saturated rings. The summed E-state index contributed by atoms with van der Waals surface area (Å²) in [6.45, 7) is 2.28. The summed E-state index contributed by atoms with van der Waals surface area (Å²) < 4.78 is 0. The summed E-state index contributed by atoms with van der Waals surface area (Å²) in [5.74, 6) is 0.0887. The summed E-state index contributed by atoms with van der Waals surface area (Å²) in [6, 6.07) is 25.9. The molecule has 0 aliphatic heterocycles. The number of para-hydroxylation sites is 1. The van der Waals surface area contributed by atoms with E-state index < -0.39 is 0 Å². The number of carbonyl (C=O) groups is 1. The number of hydrogen-bond donors (Lipinski definition) is 2. The molecule has 0 bridgehead atoms. The van der Waals surface area contributed by atoms with E-state index in [9.17, 15) is 4.79 Å². The number of rotatable bonds is 21. The first-order valence-corrected chi connectivity index (χ1v) is 18.0. The van der Waals surface area contributed by atoms with Gasteiger partial charge in [-0.3, -0.25) is 4.79 Å². The molecular formula is C42H54N4O. The van der Waals surface area contributed by atoms with Crippen molar-refractivity contribution < 1.29 is 4.79 Å². The van der Waals surface area contributed by atoms with Crippen LogP contribution in [0.25, 0.3) is 0 Å². The lowest BCUT2D eigenvalue weighted by Crippen LogP contribution is -2.10. The van der Waals surface area contributed by atoms with Crippen LogP contribution in [0.3, 0.4) is 0 Å². The molecule has 5 nitrogen and oxygen atoms in total. The number of unbranched alkanes of at least 4 members (excludes halogenated alkanes) is 14. The number of nitrogens with one attached hydrogen (secondary N) is 2. The average molecular weight is 631 g/mol. The summed E-state index contributed by atoms with van der Waals surface area (Å²) in [5.41, 5.74) is 6.36. The van der Waals surface area contributed by atoms with Crippen LogP contribution in [0.1, 0.15) is 110 Å². The lowest BCUT2D eigenvalue weighted by molar-refractivity contribution is -0.116. The number of nitrogens with zero attached hydrogens (tertiary/aromatic N) is 2. The van der Waals surface area contributed by atoms with Crippen LogP contribution >= 0.6 is 0 Å². The minimum absolute atomic E-state index is 0.0887. The molecule has 248 valence electrons. The highest BCUT2D eigenvalue weighted by Gasteiger charge is 2.04. The molecule has 4 rings (SSSR count). The third-order valence-electron chi connectivity index (χ3n) is 8.45. The highest BCUT2D eigenvalue weighted by atomic mass is 16.1. The van der Waals surface area contributed by atoms with Gasteiger partial charge >= 0.3 is 0 Å². The lowest BCUT2D eigenvalue weighted by Gasteiger charge is -2.07. The molecule has 0 saturated heterocycles. The zero-order chi connectivity index (χ0) is 32.8. The first-order chi connectivity index (χ1) is 23.2. The molecule has 5 heteroatoms. The van der Waals surface area contributed by atoms with E-state index in [1.165, 1.54) is 83.5 Å². The number of allylic oxidation sites excluding steroid dienone is 4. The number of carbonyl (C=O) groups excluding carboxylic acids is 1. The van der Waals surface area contributed by atoms with E-state index in [0.29, 0.717) is 6.42 Å². The van der Waals surface area contributed by atoms with Crippen LogP contribution in [0.15, 0.2) is 113 Å². The zero-order valence-corrected chi connectivity index (χ0v) is 28.4. The monoisotopic (exact) mass is 630 g/mol. The zero-order valence-electron chi connectivity index (χ0n) is 28.4. The van der Waals surface area contributed by atoms with E-state index in [4.69, 9.17) is 9.98 Å². The Labute approximate surface area is 283 Å². The quantitative estimate of drug-likeness (QED) is 0.0908. The molecule has 0 heterocycles. The van der Waals surface area contributed by atoms with Gasteiger partial charge in [-0.05, 0) is 91.4 Å². The average Bonchev–Trinajstić information content (AvgIpc) is 3.09. The fourth-order valence-electron chi connectivity index (χ4n) is 5.71. The van der Waals surface area contributed by atoms with Gasteiger partial charge < -0.3 is 10.6 Å². The van der Waals surface area contributed by atoms with E-state index in [0.717, 1.165) is 52.7 Å². The molecule has 1 aliphatic rings. The van der Waals surface area contributed by atoms with Crippen molar-refractivity contribution in [1.29, 1.82) is 0 Å². The van der Waals surface area contributed by atoms with Crippen LogP contribution in [-0.4, -0.2) is 17.3 Å². The van der Waals surface area contributed by atoms with Crippen molar-refractivity contribution in [2.24, 2.45) is 9.98 Å². The van der Waals surface area contributed by atoms with Gasteiger partial charge in [0, 0.05) is 23.5 Å². The van der Waals surface area contributed by atoms with Gasteiger partial charge in [-0.1, -0.05) is 115 Å². The normalized spacial score (nSPS) is 12.3. The molecular weight excluding hydrogens is 576 g/mol. The smallest absolute Gasteiger partial charge is 0.224 e. The van der Waals surface area contributed by atoms with Crippen molar-refractivity contribution in [3.63, 3.8) is 0 Å². The maximum atomic E-state index is 12.4. The first kappa shape index (κ1) is 35.6. The van der Waals surface area contributed by atoms with Gasteiger partial charge in [-0.25, -0.2) is 9.98 Å². The van der Waals surface area contributed by atoms with Crippen molar-refractivity contribution in [2.45, 2.75) is 110 Å². The fraction of sp³-hybridized carbons (Fsp3) is 0.405. The van der Waals surface area contributed by atoms with Gasteiger partial charge in [-0.15, -0.1) is 0 Å². The Bertz CT molecular complexity index is 1420. The third kappa shape index (κ3) is 14.8. The molecule has 0 unspecified atom stereocenters. The van der Waals surface area contributed by atoms with Gasteiger partial charge in [0.15, 0.2) is 0 Å². The van der Waals surface area contributed by atoms with E-state index in [2.05, 4.69) is 17.6 Å². The van der Waals surface area contributed by atoms with Crippen molar-refractivity contribution in [2.75, 3.05) is 10.6 Å². The molecule has 0 saturated carbocycles. The molecule has 0 radical (unpaired) electrons. The molecule has 3 aromatic rings. The van der Waals surface area contributed by atoms with Crippen molar-refractivity contribution in [3.05, 3.63) is 103 Å². The van der Waals surface area contributed by atoms with Gasteiger partial charge in [-0.2, -0.15) is 0 Å². The Balaban J connectivity index is 1.06. The number of hydrogen-bond acceptors (Lipinski definition) is 4. The highest BCUT2D eigenvalue weighted by Crippen LogP contribution is 2.22. The van der Waals surface area contributed by atoms with Crippen molar-refractivity contribution in [3.8, 4) is 0 Å². The molecule has 47 heavy (non-hydrogen) atoms. The van der Waals surface area contributed by atoms with Crippen LogP contribution in [0.4, 0.5) is 28.4 Å². The molecule has 2 N–H and O–H groups in total. The summed E-state index contributed by atoms with van der Waals surface area (Å²) in [7, 11) is 0. The number of benzene rings is 3. The summed E-state index contributed by atoms with van der Waals surface area (Å²) in [6.07, 6.45) is 28.4.